The molecule has 1 aliphatic carbocycles. The van der Waals surface area contributed by atoms with Gasteiger partial charge in [0.05, 0.1) is 0 Å². The van der Waals surface area contributed by atoms with Crippen LogP contribution >= 0.6 is 0 Å². The number of amides is 1. The van der Waals surface area contributed by atoms with Crippen molar-refractivity contribution in [2.24, 2.45) is 5.92 Å². The van der Waals surface area contributed by atoms with Gasteiger partial charge < -0.3 is 10.2 Å². The second-order valence-corrected chi connectivity index (χ2v) is 7.24. The van der Waals surface area contributed by atoms with E-state index in [4.69, 9.17) is 0 Å². The van der Waals surface area contributed by atoms with E-state index < -0.39 is 12.0 Å². The van der Waals surface area contributed by atoms with Gasteiger partial charge in [0.2, 0.25) is 11.8 Å². The molecule has 2 aromatic heterocycles. The molecule has 1 unspecified atom stereocenters. The minimum Gasteiger partial charge on any atom is -0.355 e. The van der Waals surface area contributed by atoms with Crippen molar-refractivity contribution in [3.8, 4) is 0 Å². The van der Waals surface area contributed by atoms with E-state index in [9.17, 15) is 13.6 Å². The number of anilines is 1. The number of nitrogens with one attached hydrogen (secondary N) is 1. The average Bonchev–Trinajstić information content (AvgIpc) is 3.08. The number of rotatable bonds is 3. The molecule has 2 aromatic rings. The van der Waals surface area contributed by atoms with Crippen molar-refractivity contribution >= 4 is 17.4 Å². The second-order valence-electron chi connectivity index (χ2n) is 7.24. The Morgan fingerprint density at radius 1 is 1.23 bits per heavy atom. The first-order valence-corrected chi connectivity index (χ1v) is 9.10. The highest BCUT2D eigenvalue weighted by Crippen LogP contribution is 2.33. The highest BCUT2D eigenvalue weighted by atomic mass is 19.3. The fraction of sp³-hybridized carbons (Fsp3) is 0.647. The molecule has 1 saturated carbocycles. The topological polar surface area (TPSA) is 75.4 Å². The van der Waals surface area contributed by atoms with Crippen LogP contribution < -0.4 is 10.2 Å². The van der Waals surface area contributed by atoms with E-state index in [0.29, 0.717) is 44.4 Å². The molecule has 1 saturated heterocycles. The number of piperidine rings is 1. The average molecular weight is 364 g/mol. The monoisotopic (exact) mass is 364 g/mol. The summed E-state index contributed by atoms with van der Waals surface area (Å²) >= 11 is 0. The molecule has 0 spiro atoms. The Kier molecular flexibility index (Phi) is 4.46. The third-order valence-corrected chi connectivity index (χ3v) is 5.32. The summed E-state index contributed by atoms with van der Waals surface area (Å²) in [7, 11) is 0. The third-order valence-electron chi connectivity index (χ3n) is 5.32. The van der Waals surface area contributed by atoms with Crippen LogP contribution in [0.1, 0.15) is 38.5 Å². The minimum atomic E-state index is -2.65. The standard InChI is InChI=1S/C17H22F2N6O/c18-17(19)7-1-2-13(10-17)21-16(26)12-5-8-24(9-6-12)15-4-3-14-22-20-11-25(14)23-15/h3-4,11-13H,1-2,5-10H2,(H,21,26). The first-order valence-electron chi connectivity index (χ1n) is 9.10. The van der Waals surface area contributed by atoms with Gasteiger partial charge in [-0.05, 0) is 37.8 Å². The lowest BCUT2D eigenvalue weighted by Gasteiger charge is -2.34. The Balaban J connectivity index is 1.32. The minimum absolute atomic E-state index is 0.0679. The first kappa shape index (κ1) is 17.1. The van der Waals surface area contributed by atoms with E-state index in [1.165, 1.54) is 0 Å². The molecule has 0 aromatic carbocycles. The largest absolute Gasteiger partial charge is 0.355 e. The Bertz CT molecular complexity index is 786. The molecule has 2 fully saturated rings. The number of hydrogen-bond donors (Lipinski definition) is 1. The molecule has 1 amide bonds. The van der Waals surface area contributed by atoms with E-state index in [1.54, 1.807) is 10.8 Å². The Hall–Kier alpha value is -2.32. The lowest BCUT2D eigenvalue weighted by molar-refractivity contribution is -0.127. The van der Waals surface area contributed by atoms with Crippen molar-refractivity contribution in [3.05, 3.63) is 18.5 Å². The van der Waals surface area contributed by atoms with E-state index >= 15 is 0 Å². The van der Waals surface area contributed by atoms with E-state index in [-0.39, 0.29) is 24.7 Å². The number of nitrogens with zero attached hydrogens (tertiary/aromatic N) is 5. The van der Waals surface area contributed by atoms with Crippen LogP contribution in [0.15, 0.2) is 18.5 Å². The lowest BCUT2D eigenvalue weighted by atomic mass is 9.90. The normalized spacial score (nSPS) is 23.9. The van der Waals surface area contributed by atoms with Crippen molar-refractivity contribution in [1.82, 2.24) is 25.1 Å². The maximum atomic E-state index is 13.5. The molecule has 1 N–H and O–H groups in total. The molecule has 9 heteroatoms. The summed E-state index contributed by atoms with van der Waals surface area (Å²) in [6.07, 6.45) is 3.74. The zero-order chi connectivity index (χ0) is 18.1. The molecule has 1 aliphatic heterocycles. The number of fused-ring (bicyclic) bond motifs is 1. The van der Waals surface area contributed by atoms with Crippen molar-refractivity contribution in [2.75, 3.05) is 18.0 Å². The Morgan fingerprint density at radius 2 is 2.04 bits per heavy atom. The van der Waals surface area contributed by atoms with Gasteiger partial charge in [0, 0.05) is 37.9 Å². The molecule has 0 radical (unpaired) electrons. The van der Waals surface area contributed by atoms with Crippen LogP contribution in [-0.2, 0) is 4.79 Å². The van der Waals surface area contributed by atoms with E-state index in [1.807, 2.05) is 12.1 Å². The maximum Gasteiger partial charge on any atom is 0.250 e. The summed E-state index contributed by atoms with van der Waals surface area (Å²) in [5.74, 6) is -2.04. The summed E-state index contributed by atoms with van der Waals surface area (Å²) in [5.41, 5.74) is 0.687. The van der Waals surface area contributed by atoms with Gasteiger partial charge in [0.1, 0.15) is 12.1 Å². The highest BCUT2D eigenvalue weighted by Gasteiger charge is 2.37. The lowest BCUT2D eigenvalue weighted by Crippen LogP contribution is -2.47. The van der Waals surface area contributed by atoms with E-state index in [2.05, 4.69) is 25.5 Å². The number of carbonyl (C=O) groups is 1. The molecule has 4 rings (SSSR count). The molecule has 3 heterocycles. The van der Waals surface area contributed by atoms with Crippen molar-refractivity contribution in [1.29, 1.82) is 0 Å². The summed E-state index contributed by atoms with van der Waals surface area (Å²) in [5, 5.41) is 15.1. The predicted octanol–water partition coefficient (Wildman–Crippen LogP) is 2.03. The molecule has 0 bridgehead atoms. The molecule has 140 valence electrons. The zero-order valence-corrected chi connectivity index (χ0v) is 14.4. The van der Waals surface area contributed by atoms with Gasteiger partial charge in [-0.3, -0.25) is 4.79 Å². The number of halogens is 2. The third kappa shape index (κ3) is 3.61. The maximum absolute atomic E-state index is 13.5. The van der Waals surface area contributed by atoms with Gasteiger partial charge >= 0.3 is 0 Å². The quantitative estimate of drug-likeness (QED) is 0.902. The zero-order valence-electron chi connectivity index (χ0n) is 14.4. The molecule has 2 aliphatic rings. The highest BCUT2D eigenvalue weighted by molar-refractivity contribution is 5.79. The van der Waals surface area contributed by atoms with Crippen LogP contribution in [0.25, 0.3) is 5.65 Å². The smallest absolute Gasteiger partial charge is 0.250 e. The van der Waals surface area contributed by atoms with E-state index in [0.717, 1.165) is 5.82 Å². The van der Waals surface area contributed by atoms with Crippen LogP contribution in [0.2, 0.25) is 0 Å². The van der Waals surface area contributed by atoms with Crippen LogP contribution in [0, 0.1) is 5.92 Å². The summed E-state index contributed by atoms with van der Waals surface area (Å²) < 4.78 is 28.6. The van der Waals surface area contributed by atoms with Crippen LogP contribution in [0.4, 0.5) is 14.6 Å². The number of hydrogen-bond acceptors (Lipinski definition) is 5. The summed E-state index contributed by atoms with van der Waals surface area (Å²) in [6, 6.07) is 3.36. The van der Waals surface area contributed by atoms with Gasteiger partial charge in [0.25, 0.3) is 0 Å². The summed E-state index contributed by atoms with van der Waals surface area (Å²) in [6.45, 7) is 1.42. The molecule has 7 nitrogen and oxygen atoms in total. The molecule has 26 heavy (non-hydrogen) atoms. The second kappa shape index (κ2) is 6.77. The molecular weight excluding hydrogens is 342 g/mol. The predicted molar refractivity (Wildman–Crippen MR) is 91.1 cm³/mol. The number of aromatic nitrogens is 4. The van der Waals surface area contributed by atoms with Crippen molar-refractivity contribution in [2.45, 2.75) is 50.5 Å². The molecule has 1 atom stereocenters. The SMILES string of the molecule is O=C(NC1CCCC(F)(F)C1)C1CCN(c2ccc3nncn3n2)CC1. The number of carbonyl (C=O) groups excluding carboxylic acids is 1. The van der Waals surface area contributed by atoms with Gasteiger partial charge in [-0.25, -0.2) is 8.78 Å². The van der Waals surface area contributed by atoms with Gasteiger partial charge in [-0.2, -0.15) is 4.52 Å². The first-order chi connectivity index (χ1) is 12.5. The van der Waals surface area contributed by atoms with Crippen LogP contribution in [-0.4, -0.2) is 50.8 Å². The fourth-order valence-corrected chi connectivity index (χ4v) is 3.87. The van der Waals surface area contributed by atoms with Crippen molar-refractivity contribution in [3.63, 3.8) is 0 Å². The van der Waals surface area contributed by atoms with Gasteiger partial charge in [0.15, 0.2) is 5.65 Å². The van der Waals surface area contributed by atoms with Crippen LogP contribution in [0.3, 0.4) is 0 Å². The number of alkyl halides is 2. The van der Waals surface area contributed by atoms with Crippen molar-refractivity contribution < 1.29 is 13.6 Å². The Labute approximate surface area is 149 Å². The van der Waals surface area contributed by atoms with Gasteiger partial charge in [-0.15, -0.1) is 15.3 Å². The van der Waals surface area contributed by atoms with Crippen LogP contribution in [0.5, 0.6) is 0 Å². The molecular formula is C17H22F2N6O. The fourth-order valence-electron chi connectivity index (χ4n) is 3.87. The summed E-state index contributed by atoms with van der Waals surface area (Å²) in [4.78, 5) is 14.6. The van der Waals surface area contributed by atoms with Gasteiger partial charge in [-0.1, -0.05) is 0 Å². The Morgan fingerprint density at radius 3 is 2.81 bits per heavy atom.